The van der Waals surface area contributed by atoms with Crippen molar-refractivity contribution in [1.82, 2.24) is 0 Å². The molecule has 0 radical (unpaired) electrons. The quantitative estimate of drug-likeness (QED) is 0.770. The lowest BCUT2D eigenvalue weighted by molar-refractivity contribution is 0.625. The van der Waals surface area contributed by atoms with Gasteiger partial charge in [0.25, 0.3) is 0 Å². The normalized spacial score (nSPS) is 11.4. The molecule has 0 atom stereocenters. The average molecular weight is 243 g/mol. The molecule has 0 bridgehead atoms. The first-order valence-electron chi connectivity index (χ1n) is 3.58. The van der Waals surface area contributed by atoms with E-state index in [1.807, 2.05) is 0 Å². The number of hydrogen-bond donors (Lipinski definition) is 2. The number of allylic oxidation sites excluding steroid dienone is 1. The molecule has 0 fully saturated rings. The monoisotopic (exact) mass is 242 g/mol. The van der Waals surface area contributed by atoms with E-state index in [0.29, 0.717) is 4.48 Å². The van der Waals surface area contributed by atoms with Crippen molar-refractivity contribution in [3.63, 3.8) is 0 Å². The van der Waals surface area contributed by atoms with Crippen LogP contribution in [0, 0.1) is 11.2 Å². The fourth-order valence-electron chi connectivity index (χ4n) is 0.876. The smallest absolute Gasteiger partial charge is 0.132 e. The van der Waals surface area contributed by atoms with E-state index in [1.165, 1.54) is 18.3 Å². The van der Waals surface area contributed by atoms with Gasteiger partial charge in [0.1, 0.15) is 5.82 Å². The van der Waals surface area contributed by atoms with Gasteiger partial charge in [0, 0.05) is 11.8 Å². The first kappa shape index (κ1) is 9.92. The maximum absolute atomic E-state index is 13.1. The Kier molecular flexibility index (Phi) is 3.19. The summed E-state index contributed by atoms with van der Waals surface area (Å²) in [5, 5.41) is 7.54. The van der Waals surface area contributed by atoms with Crippen LogP contribution in [0.25, 0.3) is 0 Å². The van der Waals surface area contributed by atoms with Crippen molar-refractivity contribution in [3.8, 4) is 0 Å². The molecule has 0 heterocycles. The summed E-state index contributed by atoms with van der Waals surface area (Å²) < 4.78 is 13.5. The average Bonchev–Trinajstić information content (AvgIpc) is 2.16. The minimum atomic E-state index is -0.425. The van der Waals surface area contributed by atoms with Gasteiger partial charge in [-0.1, -0.05) is 12.1 Å². The van der Waals surface area contributed by atoms with Crippen LogP contribution in [0.4, 0.5) is 4.39 Å². The molecule has 0 aliphatic carbocycles. The van der Waals surface area contributed by atoms with E-state index < -0.39 is 5.82 Å². The maximum atomic E-state index is 13.1. The molecule has 0 unspecified atom stereocenters. The van der Waals surface area contributed by atoms with E-state index in [2.05, 4.69) is 15.9 Å². The minimum Gasteiger partial charge on any atom is -0.404 e. The van der Waals surface area contributed by atoms with Gasteiger partial charge in [0.05, 0.1) is 10.2 Å². The van der Waals surface area contributed by atoms with Gasteiger partial charge >= 0.3 is 0 Å². The van der Waals surface area contributed by atoms with Gasteiger partial charge in [-0.3, -0.25) is 5.41 Å². The second kappa shape index (κ2) is 4.18. The molecule has 0 saturated carbocycles. The van der Waals surface area contributed by atoms with Crippen molar-refractivity contribution in [3.05, 3.63) is 46.3 Å². The molecule has 1 rings (SSSR count). The van der Waals surface area contributed by atoms with E-state index in [-0.39, 0.29) is 11.3 Å². The number of nitrogens with one attached hydrogen (secondary N) is 1. The summed E-state index contributed by atoms with van der Waals surface area (Å²) >= 11 is 3.06. The summed E-state index contributed by atoms with van der Waals surface area (Å²) in [6.45, 7) is 0. The number of hydrogen-bond acceptors (Lipinski definition) is 2. The van der Waals surface area contributed by atoms with Crippen LogP contribution in [0.1, 0.15) is 5.56 Å². The summed E-state index contributed by atoms with van der Waals surface area (Å²) in [6, 6.07) is 6.08. The first-order valence-corrected chi connectivity index (χ1v) is 4.37. The zero-order valence-electron chi connectivity index (χ0n) is 6.72. The zero-order chi connectivity index (χ0) is 9.84. The molecule has 1 aromatic carbocycles. The number of rotatable bonds is 2. The van der Waals surface area contributed by atoms with E-state index in [0.717, 1.165) is 0 Å². The molecule has 1 aromatic rings. The van der Waals surface area contributed by atoms with Crippen molar-refractivity contribution in [2.45, 2.75) is 0 Å². The molecule has 0 aliphatic heterocycles. The lowest BCUT2D eigenvalue weighted by Crippen LogP contribution is -2.03. The lowest BCUT2D eigenvalue weighted by atomic mass is 10.1. The fraction of sp³-hybridized carbons (Fsp3) is 0. The van der Waals surface area contributed by atoms with Crippen molar-refractivity contribution < 1.29 is 4.39 Å². The second-order valence-electron chi connectivity index (χ2n) is 2.37. The molecule has 0 aliphatic rings. The highest BCUT2D eigenvalue weighted by Crippen LogP contribution is 2.15. The highest BCUT2D eigenvalue weighted by Gasteiger charge is 2.08. The minimum absolute atomic E-state index is 0.0422. The third kappa shape index (κ3) is 2.15. The van der Waals surface area contributed by atoms with Crippen LogP contribution in [0.5, 0.6) is 0 Å². The van der Waals surface area contributed by atoms with Crippen molar-refractivity contribution >= 4 is 21.6 Å². The predicted molar refractivity (Wildman–Crippen MR) is 54.4 cm³/mol. The van der Waals surface area contributed by atoms with E-state index in [4.69, 9.17) is 11.1 Å². The first-order chi connectivity index (χ1) is 6.16. The van der Waals surface area contributed by atoms with Gasteiger partial charge in [-0.05, 0) is 28.1 Å². The van der Waals surface area contributed by atoms with Gasteiger partial charge < -0.3 is 5.73 Å². The number of nitrogens with two attached hydrogens (primary N) is 1. The molecular formula is C9H8BrFN2. The van der Waals surface area contributed by atoms with Crippen LogP contribution in [0.15, 0.2) is 34.9 Å². The van der Waals surface area contributed by atoms with Crippen molar-refractivity contribution in [2.75, 3.05) is 0 Å². The van der Waals surface area contributed by atoms with Gasteiger partial charge in [0.2, 0.25) is 0 Å². The molecule has 2 nitrogen and oxygen atoms in total. The Bertz CT molecular complexity index is 360. The largest absolute Gasteiger partial charge is 0.404 e. The van der Waals surface area contributed by atoms with E-state index in [1.54, 1.807) is 12.1 Å². The molecule has 13 heavy (non-hydrogen) atoms. The van der Waals surface area contributed by atoms with Gasteiger partial charge in [-0.2, -0.15) is 0 Å². The van der Waals surface area contributed by atoms with Crippen molar-refractivity contribution in [1.29, 1.82) is 5.41 Å². The maximum Gasteiger partial charge on any atom is 0.132 e. The van der Waals surface area contributed by atoms with E-state index >= 15 is 0 Å². The van der Waals surface area contributed by atoms with Crippen LogP contribution in [0.3, 0.4) is 0 Å². The summed E-state index contributed by atoms with van der Waals surface area (Å²) in [5.74, 6) is -0.425. The number of halogens is 2. The highest BCUT2D eigenvalue weighted by atomic mass is 79.9. The summed E-state index contributed by atoms with van der Waals surface area (Å²) in [5.41, 5.74) is 5.46. The SMILES string of the molecule is N=C(/C(Br)=C\N)c1ccccc1F. The molecule has 0 saturated heterocycles. The van der Waals surface area contributed by atoms with Crippen LogP contribution < -0.4 is 5.73 Å². The predicted octanol–water partition coefficient (Wildman–Crippen LogP) is 2.39. The Labute approximate surface area is 83.9 Å². The topological polar surface area (TPSA) is 49.9 Å². The molecule has 68 valence electrons. The third-order valence-corrected chi connectivity index (χ3v) is 2.19. The third-order valence-electron chi connectivity index (χ3n) is 1.53. The Hall–Kier alpha value is -1.16. The molecule has 0 amide bonds. The zero-order valence-corrected chi connectivity index (χ0v) is 8.31. The summed E-state index contributed by atoms with van der Waals surface area (Å²) in [4.78, 5) is 0. The number of benzene rings is 1. The molecule has 3 N–H and O–H groups in total. The molecule has 4 heteroatoms. The van der Waals surface area contributed by atoms with Gasteiger partial charge in [-0.25, -0.2) is 4.39 Å². The van der Waals surface area contributed by atoms with Crippen LogP contribution in [0.2, 0.25) is 0 Å². The van der Waals surface area contributed by atoms with Gasteiger partial charge in [0.15, 0.2) is 0 Å². The highest BCUT2D eigenvalue weighted by molar-refractivity contribution is 9.12. The Morgan fingerprint density at radius 1 is 1.46 bits per heavy atom. The van der Waals surface area contributed by atoms with Crippen LogP contribution >= 0.6 is 15.9 Å². The Morgan fingerprint density at radius 2 is 2.08 bits per heavy atom. The van der Waals surface area contributed by atoms with Gasteiger partial charge in [-0.15, -0.1) is 0 Å². The van der Waals surface area contributed by atoms with Crippen molar-refractivity contribution in [2.24, 2.45) is 5.73 Å². The van der Waals surface area contributed by atoms with Crippen LogP contribution in [-0.4, -0.2) is 5.71 Å². The summed E-state index contributed by atoms with van der Waals surface area (Å²) in [6.07, 6.45) is 1.22. The molecule has 0 spiro atoms. The summed E-state index contributed by atoms with van der Waals surface area (Å²) in [7, 11) is 0. The van der Waals surface area contributed by atoms with Crippen LogP contribution in [-0.2, 0) is 0 Å². The standard InChI is InChI=1S/C9H8BrFN2/c10-7(5-12)9(13)6-3-1-2-4-8(6)11/h1-5,13H,12H2/b7-5+,13-9?. The second-order valence-corrected chi connectivity index (χ2v) is 3.22. The Balaban J connectivity index is 3.10. The molecule has 0 aromatic heterocycles. The van der Waals surface area contributed by atoms with E-state index in [9.17, 15) is 4.39 Å². The fourth-order valence-corrected chi connectivity index (χ4v) is 1.09. The lowest BCUT2D eigenvalue weighted by Gasteiger charge is -2.02. The Morgan fingerprint density at radius 3 is 2.62 bits per heavy atom. The molecular weight excluding hydrogens is 235 g/mol.